The standard InChI is InChI=1S/C11H12BrNO2/c12-8-4-5-9-7(6-8)2-1-3-10(9)15-11(13)14/h4-6,10H,1-3H2,(H2,13,14). The monoisotopic (exact) mass is 269 g/mol. The lowest BCUT2D eigenvalue weighted by molar-refractivity contribution is 0.0959. The molecule has 1 aliphatic rings. The van der Waals surface area contributed by atoms with E-state index in [1.807, 2.05) is 12.1 Å². The summed E-state index contributed by atoms with van der Waals surface area (Å²) in [5, 5.41) is 0. The highest BCUT2D eigenvalue weighted by Crippen LogP contribution is 2.33. The molecule has 1 aromatic rings. The number of aryl methyl sites for hydroxylation is 1. The van der Waals surface area contributed by atoms with E-state index in [1.165, 1.54) is 5.56 Å². The molecule has 0 fully saturated rings. The minimum absolute atomic E-state index is 0.167. The van der Waals surface area contributed by atoms with Gasteiger partial charge in [0, 0.05) is 4.47 Å². The van der Waals surface area contributed by atoms with Crippen molar-refractivity contribution in [2.24, 2.45) is 5.73 Å². The molecule has 1 atom stereocenters. The number of benzene rings is 1. The van der Waals surface area contributed by atoms with E-state index in [-0.39, 0.29) is 6.10 Å². The number of rotatable bonds is 1. The van der Waals surface area contributed by atoms with Crippen LogP contribution in [-0.4, -0.2) is 6.09 Å². The number of amides is 1. The van der Waals surface area contributed by atoms with Crippen molar-refractivity contribution in [1.82, 2.24) is 0 Å². The number of carbonyl (C=O) groups excluding carboxylic acids is 1. The van der Waals surface area contributed by atoms with E-state index in [1.54, 1.807) is 0 Å². The number of carbonyl (C=O) groups is 1. The summed E-state index contributed by atoms with van der Waals surface area (Å²) in [6, 6.07) is 6.03. The van der Waals surface area contributed by atoms with Crippen LogP contribution in [0.15, 0.2) is 22.7 Å². The number of primary amides is 1. The molecule has 0 bridgehead atoms. The molecule has 15 heavy (non-hydrogen) atoms. The quantitative estimate of drug-likeness (QED) is 0.853. The van der Waals surface area contributed by atoms with Gasteiger partial charge in [-0.05, 0) is 42.5 Å². The van der Waals surface area contributed by atoms with Crippen molar-refractivity contribution in [1.29, 1.82) is 0 Å². The number of halogens is 1. The average Bonchev–Trinajstić information content (AvgIpc) is 2.16. The van der Waals surface area contributed by atoms with E-state index in [2.05, 4.69) is 22.0 Å². The summed E-state index contributed by atoms with van der Waals surface area (Å²) in [7, 11) is 0. The van der Waals surface area contributed by atoms with Crippen molar-refractivity contribution in [3.8, 4) is 0 Å². The predicted octanol–water partition coefficient (Wildman–Crippen LogP) is 2.92. The van der Waals surface area contributed by atoms with Gasteiger partial charge in [-0.25, -0.2) is 4.79 Å². The third kappa shape index (κ3) is 2.31. The molecule has 0 aromatic heterocycles. The van der Waals surface area contributed by atoms with Crippen LogP contribution in [-0.2, 0) is 11.2 Å². The number of fused-ring (bicyclic) bond motifs is 1. The Kier molecular flexibility index (Phi) is 2.95. The molecular weight excluding hydrogens is 258 g/mol. The lowest BCUT2D eigenvalue weighted by Crippen LogP contribution is -2.20. The fraction of sp³-hybridized carbons (Fsp3) is 0.364. The molecule has 0 radical (unpaired) electrons. The van der Waals surface area contributed by atoms with Gasteiger partial charge in [-0.3, -0.25) is 0 Å². The molecule has 1 amide bonds. The third-order valence-electron chi connectivity index (χ3n) is 2.62. The van der Waals surface area contributed by atoms with Crippen LogP contribution in [0.25, 0.3) is 0 Å². The summed E-state index contributed by atoms with van der Waals surface area (Å²) in [5.74, 6) is 0. The van der Waals surface area contributed by atoms with E-state index in [9.17, 15) is 4.79 Å². The molecule has 1 aliphatic carbocycles. The molecule has 2 N–H and O–H groups in total. The van der Waals surface area contributed by atoms with Crippen molar-refractivity contribution in [2.45, 2.75) is 25.4 Å². The molecule has 80 valence electrons. The topological polar surface area (TPSA) is 52.3 Å². The van der Waals surface area contributed by atoms with Crippen molar-refractivity contribution in [2.75, 3.05) is 0 Å². The first-order valence-corrected chi connectivity index (χ1v) is 5.70. The minimum atomic E-state index is -0.698. The fourth-order valence-corrected chi connectivity index (χ4v) is 2.41. The minimum Gasteiger partial charge on any atom is -0.442 e. The second-order valence-electron chi connectivity index (χ2n) is 3.66. The van der Waals surface area contributed by atoms with Gasteiger partial charge in [0.05, 0.1) is 0 Å². The van der Waals surface area contributed by atoms with Crippen molar-refractivity contribution in [3.63, 3.8) is 0 Å². The summed E-state index contributed by atoms with van der Waals surface area (Å²) < 4.78 is 6.14. The van der Waals surface area contributed by atoms with Crippen LogP contribution >= 0.6 is 15.9 Å². The van der Waals surface area contributed by atoms with E-state index in [4.69, 9.17) is 10.5 Å². The highest BCUT2D eigenvalue weighted by Gasteiger charge is 2.22. The van der Waals surface area contributed by atoms with Gasteiger partial charge < -0.3 is 10.5 Å². The predicted molar refractivity (Wildman–Crippen MR) is 60.5 cm³/mol. The summed E-state index contributed by atoms with van der Waals surface area (Å²) in [6.07, 6.45) is 2.06. The number of ether oxygens (including phenoxy) is 1. The Morgan fingerprint density at radius 3 is 3.07 bits per heavy atom. The SMILES string of the molecule is NC(=O)OC1CCCc2cc(Br)ccc21. The van der Waals surface area contributed by atoms with Gasteiger partial charge >= 0.3 is 6.09 Å². The van der Waals surface area contributed by atoms with Gasteiger partial charge in [0.25, 0.3) is 0 Å². The van der Waals surface area contributed by atoms with Crippen LogP contribution in [0.1, 0.15) is 30.1 Å². The van der Waals surface area contributed by atoms with Gasteiger partial charge in [-0.2, -0.15) is 0 Å². The second-order valence-corrected chi connectivity index (χ2v) is 4.58. The van der Waals surface area contributed by atoms with Crippen LogP contribution in [0.3, 0.4) is 0 Å². The zero-order valence-corrected chi connectivity index (χ0v) is 9.79. The summed E-state index contributed by atoms with van der Waals surface area (Å²) >= 11 is 3.43. The van der Waals surface area contributed by atoms with Crippen LogP contribution in [0.2, 0.25) is 0 Å². The van der Waals surface area contributed by atoms with E-state index >= 15 is 0 Å². The Labute approximate surface area is 96.7 Å². The smallest absolute Gasteiger partial charge is 0.405 e. The molecule has 1 unspecified atom stereocenters. The van der Waals surface area contributed by atoms with E-state index in [0.29, 0.717) is 0 Å². The first-order valence-electron chi connectivity index (χ1n) is 4.91. The molecule has 3 nitrogen and oxygen atoms in total. The normalized spacial score (nSPS) is 19.4. The van der Waals surface area contributed by atoms with Gasteiger partial charge in [-0.15, -0.1) is 0 Å². The summed E-state index contributed by atoms with van der Waals surface area (Å²) in [6.45, 7) is 0. The molecule has 1 aromatic carbocycles. The number of nitrogens with two attached hydrogens (primary N) is 1. The van der Waals surface area contributed by atoms with Crippen LogP contribution < -0.4 is 5.73 Å². The first-order chi connectivity index (χ1) is 7.16. The largest absolute Gasteiger partial charge is 0.442 e. The van der Waals surface area contributed by atoms with Gasteiger partial charge in [-0.1, -0.05) is 22.0 Å². The van der Waals surface area contributed by atoms with Crippen LogP contribution in [0.5, 0.6) is 0 Å². The van der Waals surface area contributed by atoms with Gasteiger partial charge in [0.1, 0.15) is 6.10 Å². The Morgan fingerprint density at radius 1 is 1.53 bits per heavy atom. The highest BCUT2D eigenvalue weighted by molar-refractivity contribution is 9.10. The lowest BCUT2D eigenvalue weighted by atomic mass is 9.89. The number of hydrogen-bond acceptors (Lipinski definition) is 2. The first kappa shape index (κ1) is 10.5. The summed E-state index contributed by atoms with van der Waals surface area (Å²) in [4.78, 5) is 10.7. The fourth-order valence-electron chi connectivity index (χ4n) is 2.00. The van der Waals surface area contributed by atoms with Crippen molar-refractivity contribution >= 4 is 22.0 Å². The Balaban J connectivity index is 2.30. The molecule has 0 spiro atoms. The molecule has 0 aliphatic heterocycles. The second kappa shape index (κ2) is 4.23. The lowest BCUT2D eigenvalue weighted by Gasteiger charge is -2.24. The van der Waals surface area contributed by atoms with Crippen molar-refractivity contribution in [3.05, 3.63) is 33.8 Å². The molecule has 0 saturated heterocycles. The van der Waals surface area contributed by atoms with Gasteiger partial charge in [0.15, 0.2) is 0 Å². The van der Waals surface area contributed by atoms with E-state index < -0.39 is 6.09 Å². The maximum Gasteiger partial charge on any atom is 0.405 e. The zero-order valence-electron chi connectivity index (χ0n) is 8.20. The molecule has 0 saturated carbocycles. The van der Waals surface area contributed by atoms with E-state index in [0.717, 1.165) is 29.3 Å². The zero-order chi connectivity index (χ0) is 10.8. The highest BCUT2D eigenvalue weighted by atomic mass is 79.9. The van der Waals surface area contributed by atoms with Gasteiger partial charge in [0.2, 0.25) is 0 Å². The maximum atomic E-state index is 10.7. The molecular formula is C11H12BrNO2. The number of hydrogen-bond donors (Lipinski definition) is 1. The summed E-state index contributed by atoms with van der Waals surface area (Å²) in [5.41, 5.74) is 7.36. The Morgan fingerprint density at radius 2 is 2.33 bits per heavy atom. The maximum absolute atomic E-state index is 10.7. The third-order valence-corrected chi connectivity index (χ3v) is 3.12. The molecule has 2 rings (SSSR count). The Hall–Kier alpha value is -1.03. The molecule has 4 heteroatoms. The average molecular weight is 270 g/mol. The van der Waals surface area contributed by atoms with Crippen molar-refractivity contribution < 1.29 is 9.53 Å². The Bertz CT molecular complexity index is 392. The van der Waals surface area contributed by atoms with Crippen LogP contribution in [0, 0.1) is 0 Å². The molecule has 0 heterocycles. The van der Waals surface area contributed by atoms with Crippen LogP contribution in [0.4, 0.5) is 4.79 Å².